The van der Waals surface area contributed by atoms with Gasteiger partial charge in [0.2, 0.25) is 0 Å². The highest BCUT2D eigenvalue weighted by molar-refractivity contribution is 5.38. The lowest BCUT2D eigenvalue weighted by Gasteiger charge is -2.25. The molecule has 3 rings (SSSR count). The van der Waals surface area contributed by atoms with Crippen molar-refractivity contribution in [1.82, 2.24) is 4.98 Å². The Labute approximate surface area is 118 Å². The van der Waals surface area contributed by atoms with Gasteiger partial charge in [0.25, 0.3) is 0 Å². The second-order valence-corrected chi connectivity index (χ2v) is 4.87. The molecule has 0 bridgehead atoms. The summed E-state index contributed by atoms with van der Waals surface area (Å²) in [6, 6.07) is 12.0. The molecule has 0 amide bonds. The number of hydrogen-bond donors (Lipinski definition) is 1. The Morgan fingerprint density at radius 1 is 1.25 bits per heavy atom. The molecule has 4 nitrogen and oxygen atoms in total. The fraction of sp³-hybridized carbons (Fsp3) is 0.312. The molecule has 0 saturated carbocycles. The quantitative estimate of drug-likeness (QED) is 0.927. The number of nitrogens with zero attached hydrogens (tertiary/aromatic N) is 1. The molecule has 0 spiro atoms. The number of rotatable bonds is 4. The fourth-order valence-corrected chi connectivity index (χ4v) is 2.40. The normalized spacial score (nSPS) is 17.1. The maximum atomic E-state index is 5.84. The van der Waals surface area contributed by atoms with E-state index in [9.17, 15) is 0 Å². The Morgan fingerprint density at radius 2 is 2.15 bits per heavy atom. The van der Waals surface area contributed by atoms with Crippen LogP contribution >= 0.6 is 0 Å². The van der Waals surface area contributed by atoms with Gasteiger partial charge >= 0.3 is 0 Å². The van der Waals surface area contributed by atoms with Crippen LogP contribution in [0.1, 0.15) is 23.6 Å². The second-order valence-electron chi connectivity index (χ2n) is 4.87. The van der Waals surface area contributed by atoms with Crippen LogP contribution < -0.4 is 15.2 Å². The number of benzene rings is 1. The molecule has 0 fully saturated rings. The summed E-state index contributed by atoms with van der Waals surface area (Å²) in [6.07, 6.45) is 2.71. The number of ether oxygens (including phenoxy) is 2. The van der Waals surface area contributed by atoms with Crippen molar-refractivity contribution in [2.24, 2.45) is 5.73 Å². The molecule has 20 heavy (non-hydrogen) atoms. The molecule has 1 aliphatic heterocycles. The van der Waals surface area contributed by atoms with Crippen molar-refractivity contribution < 1.29 is 9.47 Å². The Kier molecular flexibility index (Phi) is 3.83. The zero-order valence-electron chi connectivity index (χ0n) is 11.3. The zero-order valence-corrected chi connectivity index (χ0v) is 11.3. The first-order valence-electron chi connectivity index (χ1n) is 6.86. The molecule has 1 aliphatic rings. The van der Waals surface area contributed by atoms with Crippen molar-refractivity contribution in [2.75, 3.05) is 13.2 Å². The average Bonchev–Trinajstić information content (AvgIpc) is 2.53. The van der Waals surface area contributed by atoms with E-state index in [-0.39, 0.29) is 0 Å². The zero-order chi connectivity index (χ0) is 13.8. The Hall–Kier alpha value is -2.07. The van der Waals surface area contributed by atoms with Crippen LogP contribution in [-0.2, 0) is 6.54 Å². The van der Waals surface area contributed by atoms with Crippen molar-refractivity contribution in [3.63, 3.8) is 0 Å². The second kappa shape index (κ2) is 5.92. The molecule has 0 radical (unpaired) electrons. The van der Waals surface area contributed by atoms with E-state index in [4.69, 9.17) is 15.2 Å². The summed E-state index contributed by atoms with van der Waals surface area (Å²) in [5, 5.41) is 0. The summed E-state index contributed by atoms with van der Waals surface area (Å²) in [4.78, 5) is 4.23. The van der Waals surface area contributed by atoms with Crippen LogP contribution in [-0.4, -0.2) is 18.2 Å². The smallest absolute Gasteiger partial charge is 0.137 e. The first kappa shape index (κ1) is 12.9. The van der Waals surface area contributed by atoms with E-state index in [0.717, 1.165) is 30.2 Å². The Balaban J connectivity index is 1.66. The summed E-state index contributed by atoms with van der Waals surface area (Å²) in [5.74, 6) is 2.13. The van der Waals surface area contributed by atoms with Gasteiger partial charge in [-0.1, -0.05) is 18.2 Å². The van der Waals surface area contributed by atoms with E-state index in [1.165, 1.54) is 5.56 Å². The van der Waals surface area contributed by atoms with E-state index in [2.05, 4.69) is 11.1 Å². The number of hydrogen-bond acceptors (Lipinski definition) is 4. The monoisotopic (exact) mass is 270 g/mol. The van der Waals surface area contributed by atoms with E-state index >= 15 is 0 Å². The van der Waals surface area contributed by atoms with Gasteiger partial charge in [-0.05, 0) is 24.6 Å². The van der Waals surface area contributed by atoms with Gasteiger partial charge in [-0.15, -0.1) is 0 Å². The molecule has 1 aromatic carbocycles. The van der Waals surface area contributed by atoms with Crippen LogP contribution in [0.25, 0.3) is 0 Å². The molecule has 0 aliphatic carbocycles. The first-order valence-corrected chi connectivity index (χ1v) is 6.86. The average molecular weight is 270 g/mol. The van der Waals surface area contributed by atoms with E-state index in [1.54, 1.807) is 6.20 Å². The van der Waals surface area contributed by atoms with Crippen LogP contribution in [0.5, 0.6) is 11.5 Å². The maximum Gasteiger partial charge on any atom is 0.137 e. The van der Waals surface area contributed by atoms with Crippen molar-refractivity contribution in [2.45, 2.75) is 18.9 Å². The number of para-hydroxylation sites is 1. The Bertz CT molecular complexity index is 569. The van der Waals surface area contributed by atoms with Crippen LogP contribution in [0.3, 0.4) is 0 Å². The minimum atomic E-state index is 0.370. The summed E-state index contributed by atoms with van der Waals surface area (Å²) >= 11 is 0. The summed E-state index contributed by atoms with van der Waals surface area (Å²) in [5.41, 5.74) is 7.62. The topological polar surface area (TPSA) is 57.4 Å². The van der Waals surface area contributed by atoms with E-state index in [1.807, 2.05) is 30.3 Å². The molecule has 1 aromatic heterocycles. The lowest BCUT2D eigenvalue weighted by molar-refractivity contribution is 0.217. The lowest BCUT2D eigenvalue weighted by Crippen LogP contribution is -2.19. The molecule has 2 aromatic rings. The number of nitrogens with two attached hydrogens (primary N) is 1. The van der Waals surface area contributed by atoms with Crippen LogP contribution in [0.15, 0.2) is 42.6 Å². The highest BCUT2D eigenvalue weighted by atomic mass is 16.5. The number of fused-ring (bicyclic) bond motifs is 1. The minimum Gasteiger partial charge on any atom is -0.493 e. The van der Waals surface area contributed by atoms with Gasteiger partial charge < -0.3 is 15.2 Å². The number of pyridine rings is 1. The van der Waals surface area contributed by atoms with Gasteiger partial charge in [0, 0.05) is 18.0 Å². The van der Waals surface area contributed by atoms with Crippen molar-refractivity contribution >= 4 is 0 Å². The van der Waals surface area contributed by atoms with Gasteiger partial charge in [-0.25, -0.2) is 0 Å². The molecular weight excluding hydrogens is 252 g/mol. The summed E-state index contributed by atoms with van der Waals surface area (Å²) in [7, 11) is 0. The van der Waals surface area contributed by atoms with Gasteiger partial charge in [-0.3, -0.25) is 4.98 Å². The van der Waals surface area contributed by atoms with Crippen molar-refractivity contribution in [3.05, 3.63) is 53.9 Å². The highest BCUT2D eigenvalue weighted by Gasteiger charge is 2.21. The van der Waals surface area contributed by atoms with E-state index in [0.29, 0.717) is 19.1 Å². The van der Waals surface area contributed by atoms with Gasteiger partial charge in [0.05, 0.1) is 25.1 Å². The highest BCUT2D eigenvalue weighted by Crippen LogP contribution is 2.33. The largest absolute Gasteiger partial charge is 0.493 e. The fourth-order valence-electron chi connectivity index (χ4n) is 2.40. The standard InChI is InChI=1S/C16H18N2O2/c17-9-13-5-6-14(10-18-13)20-11-12-7-8-19-16-4-2-1-3-15(12)16/h1-6,10,12H,7-9,11,17H2. The van der Waals surface area contributed by atoms with Gasteiger partial charge in [0.15, 0.2) is 0 Å². The SMILES string of the molecule is NCc1ccc(OCC2CCOc3ccccc32)cn1. The van der Waals surface area contributed by atoms with Crippen molar-refractivity contribution in [3.8, 4) is 11.5 Å². The summed E-state index contributed by atoms with van der Waals surface area (Å²) in [6.45, 7) is 1.84. The molecule has 2 N–H and O–H groups in total. The molecule has 1 unspecified atom stereocenters. The maximum absolute atomic E-state index is 5.84. The first-order chi connectivity index (χ1) is 9.86. The molecular formula is C16H18N2O2. The predicted octanol–water partition coefficient (Wildman–Crippen LogP) is 2.49. The number of aromatic nitrogens is 1. The summed E-state index contributed by atoms with van der Waals surface area (Å²) < 4.78 is 11.5. The van der Waals surface area contributed by atoms with Gasteiger partial charge in [-0.2, -0.15) is 0 Å². The molecule has 2 heterocycles. The van der Waals surface area contributed by atoms with Crippen LogP contribution in [0.2, 0.25) is 0 Å². The lowest BCUT2D eigenvalue weighted by atomic mass is 9.94. The van der Waals surface area contributed by atoms with E-state index < -0.39 is 0 Å². The molecule has 4 heteroatoms. The third-order valence-corrected chi connectivity index (χ3v) is 3.54. The van der Waals surface area contributed by atoms with Crippen molar-refractivity contribution in [1.29, 1.82) is 0 Å². The molecule has 0 saturated heterocycles. The Morgan fingerprint density at radius 3 is 2.95 bits per heavy atom. The van der Waals surface area contributed by atoms with Gasteiger partial charge in [0.1, 0.15) is 11.5 Å². The third-order valence-electron chi connectivity index (χ3n) is 3.54. The minimum absolute atomic E-state index is 0.370. The third kappa shape index (κ3) is 2.75. The van der Waals surface area contributed by atoms with Crippen LogP contribution in [0.4, 0.5) is 0 Å². The van der Waals surface area contributed by atoms with Crippen LogP contribution in [0, 0.1) is 0 Å². The molecule has 1 atom stereocenters. The predicted molar refractivity (Wildman–Crippen MR) is 76.9 cm³/mol. The molecule has 104 valence electrons.